The lowest BCUT2D eigenvalue weighted by Gasteiger charge is -2.12. The van der Waals surface area contributed by atoms with E-state index >= 15 is 0 Å². The van der Waals surface area contributed by atoms with E-state index in [0.717, 1.165) is 11.4 Å². The molecule has 0 aliphatic rings. The Balaban J connectivity index is 2.22. The summed E-state index contributed by atoms with van der Waals surface area (Å²) in [5, 5.41) is 0.769. The molecule has 2 aromatic carbocycles. The molecule has 21 heavy (non-hydrogen) atoms. The molecule has 0 spiro atoms. The SMILES string of the molecule is CC(N)Cc1cc(Cl)ccc1Sc1ccc(C(C)C)cc1. The first kappa shape index (κ1) is 16.4. The highest BCUT2D eigenvalue weighted by Gasteiger charge is 2.08. The van der Waals surface area contributed by atoms with E-state index in [9.17, 15) is 0 Å². The van der Waals surface area contributed by atoms with Crippen LogP contribution in [-0.4, -0.2) is 6.04 Å². The molecule has 0 aliphatic heterocycles. The van der Waals surface area contributed by atoms with Crippen LogP contribution < -0.4 is 5.73 Å². The van der Waals surface area contributed by atoms with Crippen LogP contribution >= 0.6 is 23.4 Å². The van der Waals surface area contributed by atoms with Crippen molar-refractivity contribution in [2.24, 2.45) is 5.73 Å². The maximum absolute atomic E-state index is 6.11. The third-order valence-electron chi connectivity index (χ3n) is 3.34. The summed E-state index contributed by atoms with van der Waals surface area (Å²) in [6.07, 6.45) is 0.840. The minimum atomic E-state index is 0.131. The molecule has 2 N–H and O–H groups in total. The lowest BCUT2D eigenvalue weighted by molar-refractivity contribution is 0.729. The number of rotatable bonds is 5. The van der Waals surface area contributed by atoms with Gasteiger partial charge in [0.15, 0.2) is 0 Å². The largest absolute Gasteiger partial charge is 0.328 e. The van der Waals surface area contributed by atoms with E-state index in [1.807, 2.05) is 19.1 Å². The highest BCUT2D eigenvalue weighted by Crippen LogP contribution is 2.33. The third-order valence-corrected chi connectivity index (χ3v) is 4.70. The van der Waals surface area contributed by atoms with Crippen LogP contribution in [0, 0.1) is 0 Å². The van der Waals surface area contributed by atoms with Crippen molar-refractivity contribution in [2.75, 3.05) is 0 Å². The van der Waals surface area contributed by atoms with E-state index in [1.165, 1.54) is 20.9 Å². The van der Waals surface area contributed by atoms with Crippen LogP contribution in [0.3, 0.4) is 0 Å². The smallest absolute Gasteiger partial charge is 0.0409 e. The van der Waals surface area contributed by atoms with Gasteiger partial charge in [-0.2, -0.15) is 0 Å². The molecule has 3 heteroatoms. The summed E-state index contributed by atoms with van der Waals surface area (Å²) in [7, 11) is 0. The molecule has 0 amide bonds. The van der Waals surface area contributed by atoms with Gasteiger partial charge in [0.05, 0.1) is 0 Å². The summed E-state index contributed by atoms with van der Waals surface area (Å²) in [6.45, 7) is 6.44. The summed E-state index contributed by atoms with van der Waals surface area (Å²) in [5.41, 5.74) is 8.52. The highest BCUT2D eigenvalue weighted by atomic mass is 35.5. The number of hydrogen-bond acceptors (Lipinski definition) is 2. The van der Waals surface area contributed by atoms with Crippen molar-refractivity contribution in [1.29, 1.82) is 0 Å². The van der Waals surface area contributed by atoms with Crippen molar-refractivity contribution in [2.45, 2.75) is 48.9 Å². The first-order valence-electron chi connectivity index (χ1n) is 7.27. The molecule has 112 valence electrons. The minimum Gasteiger partial charge on any atom is -0.328 e. The standard InChI is InChI=1S/C18H22ClNS/c1-12(2)14-4-7-17(8-5-14)21-18-9-6-16(19)11-15(18)10-13(3)20/h4-9,11-13H,10,20H2,1-3H3. The van der Waals surface area contributed by atoms with Gasteiger partial charge in [-0.15, -0.1) is 0 Å². The Kier molecular flexibility index (Phi) is 5.74. The Morgan fingerprint density at radius 2 is 1.71 bits per heavy atom. The van der Waals surface area contributed by atoms with Crippen LogP contribution in [0.2, 0.25) is 5.02 Å². The molecule has 0 fully saturated rings. The van der Waals surface area contributed by atoms with Crippen molar-refractivity contribution >= 4 is 23.4 Å². The van der Waals surface area contributed by atoms with E-state index in [-0.39, 0.29) is 6.04 Å². The molecule has 0 radical (unpaired) electrons. The van der Waals surface area contributed by atoms with Crippen LogP contribution in [0.25, 0.3) is 0 Å². The van der Waals surface area contributed by atoms with Gasteiger partial charge in [-0.25, -0.2) is 0 Å². The molecule has 1 unspecified atom stereocenters. The fourth-order valence-corrected chi connectivity index (χ4v) is 3.33. The Labute approximate surface area is 136 Å². The van der Waals surface area contributed by atoms with Crippen molar-refractivity contribution in [1.82, 2.24) is 0 Å². The number of hydrogen-bond donors (Lipinski definition) is 1. The average Bonchev–Trinajstić information content (AvgIpc) is 2.42. The quantitative estimate of drug-likeness (QED) is 0.787. The normalized spacial score (nSPS) is 12.7. The monoisotopic (exact) mass is 319 g/mol. The Morgan fingerprint density at radius 3 is 2.29 bits per heavy atom. The van der Waals surface area contributed by atoms with Crippen LogP contribution in [0.1, 0.15) is 37.8 Å². The zero-order chi connectivity index (χ0) is 15.4. The Hall–Kier alpha value is -0.960. The van der Waals surface area contributed by atoms with Gasteiger partial charge in [-0.05, 0) is 60.7 Å². The van der Waals surface area contributed by atoms with Crippen molar-refractivity contribution in [3.05, 3.63) is 58.6 Å². The van der Waals surface area contributed by atoms with Gasteiger partial charge in [0.25, 0.3) is 0 Å². The van der Waals surface area contributed by atoms with Crippen LogP contribution in [0.15, 0.2) is 52.3 Å². The van der Waals surface area contributed by atoms with Crippen LogP contribution in [0.5, 0.6) is 0 Å². The summed E-state index contributed by atoms with van der Waals surface area (Å²) in [6, 6.07) is 15.0. The van der Waals surface area contributed by atoms with Crippen molar-refractivity contribution in [3.63, 3.8) is 0 Å². The molecule has 1 nitrogen and oxygen atoms in total. The Bertz CT molecular complexity index is 591. The van der Waals surface area contributed by atoms with Gasteiger partial charge in [0.2, 0.25) is 0 Å². The maximum Gasteiger partial charge on any atom is 0.0409 e. The summed E-state index contributed by atoms with van der Waals surface area (Å²) < 4.78 is 0. The van der Waals surface area contributed by atoms with E-state index < -0.39 is 0 Å². The fourth-order valence-electron chi connectivity index (χ4n) is 2.20. The van der Waals surface area contributed by atoms with Crippen molar-refractivity contribution < 1.29 is 0 Å². The zero-order valence-corrected chi connectivity index (χ0v) is 14.3. The van der Waals surface area contributed by atoms with E-state index in [2.05, 4.69) is 44.2 Å². The van der Waals surface area contributed by atoms with E-state index in [4.69, 9.17) is 17.3 Å². The molecule has 0 bridgehead atoms. The van der Waals surface area contributed by atoms with E-state index in [0.29, 0.717) is 5.92 Å². The van der Waals surface area contributed by atoms with Crippen LogP contribution in [-0.2, 0) is 6.42 Å². The second-order valence-corrected chi connectivity index (χ2v) is 7.31. The minimum absolute atomic E-state index is 0.131. The van der Waals surface area contributed by atoms with Gasteiger partial charge in [0.1, 0.15) is 0 Å². The predicted octanol–water partition coefficient (Wildman–Crippen LogP) is 5.50. The highest BCUT2D eigenvalue weighted by molar-refractivity contribution is 7.99. The average molecular weight is 320 g/mol. The first-order valence-corrected chi connectivity index (χ1v) is 8.47. The van der Waals surface area contributed by atoms with Gasteiger partial charge in [0, 0.05) is 20.9 Å². The van der Waals surface area contributed by atoms with Gasteiger partial charge in [-0.1, -0.05) is 49.3 Å². The first-order chi connectivity index (χ1) is 9.95. The molecule has 0 aliphatic carbocycles. The van der Waals surface area contributed by atoms with Gasteiger partial charge >= 0.3 is 0 Å². The lowest BCUT2D eigenvalue weighted by Crippen LogP contribution is -2.18. The third kappa shape index (κ3) is 4.77. The molecule has 0 saturated heterocycles. The topological polar surface area (TPSA) is 26.0 Å². The van der Waals surface area contributed by atoms with E-state index in [1.54, 1.807) is 11.8 Å². The fraction of sp³-hybridized carbons (Fsp3) is 0.333. The van der Waals surface area contributed by atoms with Gasteiger partial charge in [-0.3, -0.25) is 0 Å². The second kappa shape index (κ2) is 7.35. The molecule has 2 rings (SSSR count). The zero-order valence-electron chi connectivity index (χ0n) is 12.8. The van der Waals surface area contributed by atoms with Gasteiger partial charge < -0.3 is 5.73 Å². The molecule has 0 aromatic heterocycles. The summed E-state index contributed by atoms with van der Waals surface area (Å²) in [4.78, 5) is 2.47. The molecule has 1 atom stereocenters. The maximum atomic E-state index is 6.11. The number of halogens is 1. The summed E-state index contributed by atoms with van der Waals surface area (Å²) in [5.74, 6) is 0.563. The second-order valence-electron chi connectivity index (χ2n) is 5.76. The molecule has 2 aromatic rings. The molecular formula is C18H22ClNS. The molecule has 0 heterocycles. The molecular weight excluding hydrogens is 298 g/mol. The number of nitrogens with two attached hydrogens (primary N) is 1. The van der Waals surface area contributed by atoms with Crippen molar-refractivity contribution in [3.8, 4) is 0 Å². The molecule has 0 saturated carbocycles. The lowest BCUT2D eigenvalue weighted by atomic mass is 10.0. The van der Waals surface area contributed by atoms with Crippen LogP contribution in [0.4, 0.5) is 0 Å². The predicted molar refractivity (Wildman–Crippen MR) is 93.5 cm³/mol. The number of benzene rings is 2. The summed E-state index contributed by atoms with van der Waals surface area (Å²) >= 11 is 7.88. The Morgan fingerprint density at radius 1 is 1.05 bits per heavy atom.